The highest BCUT2D eigenvalue weighted by Gasteiger charge is 2.11. The summed E-state index contributed by atoms with van der Waals surface area (Å²) in [6, 6.07) is -0.326. The number of hydrogen-bond acceptors (Lipinski definition) is 3. The summed E-state index contributed by atoms with van der Waals surface area (Å²) in [6.45, 7) is 5.38. The van der Waals surface area contributed by atoms with Gasteiger partial charge in [0, 0.05) is 6.04 Å². The molecule has 0 aliphatic carbocycles. The van der Waals surface area contributed by atoms with E-state index in [2.05, 4.69) is 10.6 Å². The molecule has 0 aromatic heterocycles. The molecule has 0 aromatic rings. The van der Waals surface area contributed by atoms with Crippen LogP contribution in [0.25, 0.3) is 0 Å². The minimum Gasteiger partial charge on any atom is -0.352 e. The van der Waals surface area contributed by atoms with E-state index < -0.39 is 6.04 Å². The standard InChI is InChI=1S/C7H13N3O/c1-5(2)10-7(11)6(3)9-4-8/h5-6,9H,1-3H3,(H,10,11). The van der Waals surface area contributed by atoms with Crippen molar-refractivity contribution in [2.75, 3.05) is 0 Å². The molecule has 0 aromatic carbocycles. The number of carbonyl (C=O) groups excluding carboxylic acids is 1. The first-order valence-corrected chi connectivity index (χ1v) is 3.53. The van der Waals surface area contributed by atoms with Crippen LogP contribution in [0.4, 0.5) is 0 Å². The van der Waals surface area contributed by atoms with Gasteiger partial charge >= 0.3 is 0 Å². The molecule has 1 atom stereocenters. The molecule has 0 aliphatic heterocycles. The van der Waals surface area contributed by atoms with Gasteiger partial charge in [0.15, 0.2) is 6.19 Å². The molecule has 4 nitrogen and oxygen atoms in total. The van der Waals surface area contributed by atoms with E-state index in [0.29, 0.717) is 0 Å². The second-order valence-corrected chi connectivity index (χ2v) is 2.64. The summed E-state index contributed by atoms with van der Waals surface area (Å²) in [7, 11) is 0. The molecule has 0 rings (SSSR count). The van der Waals surface area contributed by atoms with Crippen LogP contribution in [0.3, 0.4) is 0 Å². The Morgan fingerprint density at radius 3 is 2.36 bits per heavy atom. The first-order valence-electron chi connectivity index (χ1n) is 3.53. The SMILES string of the molecule is CC(C)NC(=O)C(C)NC#N. The van der Waals surface area contributed by atoms with Crippen molar-refractivity contribution in [3.05, 3.63) is 0 Å². The second-order valence-electron chi connectivity index (χ2n) is 2.64. The van der Waals surface area contributed by atoms with Gasteiger partial charge in [-0.15, -0.1) is 0 Å². The van der Waals surface area contributed by atoms with Crippen LogP contribution in [0.2, 0.25) is 0 Å². The van der Waals surface area contributed by atoms with E-state index in [1.54, 1.807) is 13.1 Å². The Morgan fingerprint density at radius 2 is 2.00 bits per heavy atom. The highest BCUT2D eigenvalue weighted by molar-refractivity contribution is 5.81. The van der Waals surface area contributed by atoms with Gasteiger partial charge in [0.2, 0.25) is 5.91 Å². The Labute approximate surface area is 66.6 Å². The van der Waals surface area contributed by atoms with Gasteiger partial charge in [-0.2, -0.15) is 5.26 Å². The van der Waals surface area contributed by atoms with Crippen molar-refractivity contribution in [1.82, 2.24) is 10.6 Å². The summed E-state index contributed by atoms with van der Waals surface area (Å²) in [5.41, 5.74) is 0. The monoisotopic (exact) mass is 155 g/mol. The third-order valence-electron chi connectivity index (χ3n) is 1.11. The number of nitrogens with one attached hydrogen (secondary N) is 2. The summed E-state index contributed by atoms with van der Waals surface area (Å²) in [5, 5.41) is 13.2. The van der Waals surface area contributed by atoms with Crippen molar-refractivity contribution in [3.8, 4) is 6.19 Å². The Bertz CT molecular complexity index is 171. The topological polar surface area (TPSA) is 64.9 Å². The molecule has 11 heavy (non-hydrogen) atoms. The summed E-state index contributed by atoms with van der Waals surface area (Å²) < 4.78 is 0. The average Bonchev–Trinajstić information content (AvgIpc) is 1.86. The van der Waals surface area contributed by atoms with Crippen LogP contribution in [0.5, 0.6) is 0 Å². The fraction of sp³-hybridized carbons (Fsp3) is 0.714. The van der Waals surface area contributed by atoms with Crippen LogP contribution in [0.15, 0.2) is 0 Å². The van der Waals surface area contributed by atoms with Gasteiger partial charge in [0.1, 0.15) is 6.04 Å². The molecule has 4 heteroatoms. The molecule has 0 heterocycles. The van der Waals surface area contributed by atoms with E-state index >= 15 is 0 Å². The molecule has 0 spiro atoms. The summed E-state index contributed by atoms with van der Waals surface area (Å²) in [6.07, 6.45) is 1.71. The lowest BCUT2D eigenvalue weighted by Crippen LogP contribution is -2.43. The van der Waals surface area contributed by atoms with Gasteiger partial charge < -0.3 is 10.6 Å². The maximum atomic E-state index is 11.0. The molecule has 2 N–H and O–H groups in total. The molecule has 0 aliphatic rings. The number of hydrogen-bond donors (Lipinski definition) is 2. The van der Waals surface area contributed by atoms with Gasteiger partial charge in [-0.3, -0.25) is 4.79 Å². The van der Waals surface area contributed by atoms with Crippen molar-refractivity contribution < 1.29 is 4.79 Å². The number of rotatable bonds is 3. The van der Waals surface area contributed by atoms with E-state index in [4.69, 9.17) is 5.26 Å². The zero-order valence-electron chi connectivity index (χ0n) is 7.01. The number of amides is 1. The molecule has 0 radical (unpaired) electrons. The van der Waals surface area contributed by atoms with Crippen LogP contribution >= 0.6 is 0 Å². The smallest absolute Gasteiger partial charge is 0.243 e. The highest BCUT2D eigenvalue weighted by Crippen LogP contribution is 1.83. The molecule has 1 unspecified atom stereocenters. The van der Waals surface area contributed by atoms with Gasteiger partial charge in [-0.05, 0) is 20.8 Å². The molecule has 0 fully saturated rings. The predicted molar refractivity (Wildman–Crippen MR) is 41.5 cm³/mol. The van der Waals surface area contributed by atoms with Gasteiger partial charge in [0.05, 0.1) is 0 Å². The molecular formula is C7H13N3O. The Kier molecular flexibility index (Phi) is 4.04. The van der Waals surface area contributed by atoms with Crippen molar-refractivity contribution in [3.63, 3.8) is 0 Å². The molecule has 1 amide bonds. The predicted octanol–water partition coefficient (Wildman–Crippen LogP) is -0.0298. The van der Waals surface area contributed by atoms with Crippen LogP contribution in [0, 0.1) is 11.5 Å². The van der Waals surface area contributed by atoms with E-state index in [0.717, 1.165) is 0 Å². The van der Waals surface area contributed by atoms with E-state index in [-0.39, 0.29) is 11.9 Å². The minimum absolute atomic E-state index is 0.116. The molecule has 0 saturated heterocycles. The van der Waals surface area contributed by atoms with E-state index in [1.165, 1.54) is 0 Å². The van der Waals surface area contributed by atoms with Crippen molar-refractivity contribution in [2.24, 2.45) is 0 Å². The zero-order chi connectivity index (χ0) is 8.85. The van der Waals surface area contributed by atoms with Crippen molar-refractivity contribution in [1.29, 1.82) is 5.26 Å². The quantitative estimate of drug-likeness (QED) is 0.444. The Hall–Kier alpha value is -1.24. The maximum absolute atomic E-state index is 11.0. The van der Waals surface area contributed by atoms with Crippen molar-refractivity contribution in [2.45, 2.75) is 32.9 Å². The Morgan fingerprint density at radius 1 is 1.45 bits per heavy atom. The normalized spacial score (nSPS) is 11.9. The zero-order valence-corrected chi connectivity index (χ0v) is 7.01. The summed E-state index contributed by atoms with van der Waals surface area (Å²) in [4.78, 5) is 11.0. The fourth-order valence-electron chi connectivity index (χ4n) is 0.572. The summed E-state index contributed by atoms with van der Waals surface area (Å²) >= 11 is 0. The van der Waals surface area contributed by atoms with Crippen LogP contribution in [-0.2, 0) is 4.79 Å². The van der Waals surface area contributed by atoms with Crippen LogP contribution < -0.4 is 10.6 Å². The first kappa shape index (κ1) is 9.76. The van der Waals surface area contributed by atoms with Crippen LogP contribution in [-0.4, -0.2) is 18.0 Å². The van der Waals surface area contributed by atoms with Gasteiger partial charge in [0.25, 0.3) is 0 Å². The van der Waals surface area contributed by atoms with E-state index in [1.807, 2.05) is 13.8 Å². The highest BCUT2D eigenvalue weighted by atomic mass is 16.2. The lowest BCUT2D eigenvalue weighted by Gasteiger charge is -2.12. The fourth-order valence-corrected chi connectivity index (χ4v) is 0.572. The third-order valence-corrected chi connectivity index (χ3v) is 1.11. The minimum atomic E-state index is -0.442. The number of nitriles is 1. The van der Waals surface area contributed by atoms with E-state index in [9.17, 15) is 4.79 Å². The second kappa shape index (κ2) is 4.56. The largest absolute Gasteiger partial charge is 0.352 e. The molecular weight excluding hydrogens is 142 g/mol. The maximum Gasteiger partial charge on any atom is 0.243 e. The van der Waals surface area contributed by atoms with Gasteiger partial charge in [-0.25, -0.2) is 0 Å². The Balaban J connectivity index is 3.75. The lowest BCUT2D eigenvalue weighted by molar-refractivity contribution is -0.122. The lowest BCUT2D eigenvalue weighted by atomic mass is 10.3. The average molecular weight is 155 g/mol. The van der Waals surface area contributed by atoms with Crippen LogP contribution in [0.1, 0.15) is 20.8 Å². The number of carbonyl (C=O) groups is 1. The summed E-state index contributed by atoms with van der Waals surface area (Å²) in [5.74, 6) is -0.151. The third kappa shape index (κ3) is 4.20. The first-order chi connectivity index (χ1) is 5.07. The molecule has 0 bridgehead atoms. The number of nitrogens with zero attached hydrogens (tertiary/aromatic N) is 1. The van der Waals surface area contributed by atoms with Crippen molar-refractivity contribution >= 4 is 5.91 Å². The van der Waals surface area contributed by atoms with Gasteiger partial charge in [-0.1, -0.05) is 0 Å². The molecule has 62 valence electrons. The molecule has 0 saturated carbocycles.